The molecule has 3 fully saturated rings. The van der Waals surface area contributed by atoms with E-state index in [4.69, 9.17) is 4.74 Å². The van der Waals surface area contributed by atoms with Gasteiger partial charge in [-0.25, -0.2) is 4.79 Å². The number of hydrogen-bond donors (Lipinski definition) is 1. The van der Waals surface area contributed by atoms with Gasteiger partial charge in [0.15, 0.2) is 0 Å². The van der Waals surface area contributed by atoms with E-state index in [0.717, 1.165) is 13.1 Å². The number of piperidine rings is 1. The smallest absolute Gasteiger partial charge is 0.407 e. The number of rotatable bonds is 3. The van der Waals surface area contributed by atoms with Crippen LogP contribution in [0.2, 0.25) is 0 Å². The van der Waals surface area contributed by atoms with E-state index in [-0.39, 0.29) is 33.6 Å². The first-order valence-electron chi connectivity index (χ1n) is 11.1. The number of benzene rings is 1. The van der Waals surface area contributed by atoms with Crippen molar-refractivity contribution in [2.45, 2.75) is 71.3 Å². The zero-order valence-corrected chi connectivity index (χ0v) is 19.5. The first-order valence-corrected chi connectivity index (χ1v) is 11.1. The summed E-state index contributed by atoms with van der Waals surface area (Å²) in [5.41, 5.74) is 2.86. The number of carbonyl (C=O) groups is 2. The van der Waals surface area contributed by atoms with E-state index < -0.39 is 6.09 Å². The van der Waals surface area contributed by atoms with Gasteiger partial charge >= 0.3 is 6.09 Å². The van der Waals surface area contributed by atoms with E-state index in [0.29, 0.717) is 18.8 Å². The Balaban J connectivity index is 1.41. The number of amides is 2. The first-order chi connectivity index (χ1) is 13.8. The number of ether oxygens (including phenoxy) is 1. The van der Waals surface area contributed by atoms with Crippen LogP contribution < -0.4 is 5.32 Å². The van der Waals surface area contributed by atoms with Crippen molar-refractivity contribution in [3.8, 4) is 0 Å². The maximum Gasteiger partial charge on any atom is 0.407 e. The van der Waals surface area contributed by atoms with Gasteiger partial charge in [0.1, 0.15) is 0 Å². The molecular formula is C25H36N2O3. The molecule has 1 aliphatic heterocycles. The Bertz CT molecular complexity index is 865. The molecule has 164 valence electrons. The lowest BCUT2D eigenvalue weighted by Crippen LogP contribution is -2.58. The molecule has 0 bridgehead atoms. The fourth-order valence-electron chi connectivity index (χ4n) is 6.28. The van der Waals surface area contributed by atoms with Gasteiger partial charge in [0, 0.05) is 35.4 Å². The van der Waals surface area contributed by atoms with Gasteiger partial charge in [-0.3, -0.25) is 4.79 Å². The zero-order valence-electron chi connectivity index (χ0n) is 19.5. The summed E-state index contributed by atoms with van der Waals surface area (Å²) in [5.74, 6) is 0.750. The third-order valence-corrected chi connectivity index (χ3v) is 8.26. The standard InChI is InChI=1S/C25H36N2O3/c1-22(2,3)18-10-8-9-16(11-18)19-24(5)14-27(15-25(19,24)6)20(28)17-12-23(4,13-17)26-21(29)30-7/h8-11,17,19H,12-15H2,1-7H3,(H,26,29)/t17?,19?,23?,24-,25+. The molecule has 2 amide bonds. The Kier molecular flexibility index (Phi) is 4.58. The van der Waals surface area contributed by atoms with Gasteiger partial charge in [-0.2, -0.15) is 0 Å². The molecule has 1 aromatic rings. The minimum atomic E-state index is -0.425. The molecular weight excluding hydrogens is 376 g/mol. The largest absolute Gasteiger partial charge is 0.453 e. The summed E-state index contributed by atoms with van der Waals surface area (Å²) in [5, 5.41) is 2.86. The van der Waals surface area contributed by atoms with Gasteiger partial charge in [-0.1, -0.05) is 58.9 Å². The topological polar surface area (TPSA) is 58.6 Å². The number of nitrogens with one attached hydrogen (secondary N) is 1. The minimum absolute atomic E-state index is 0.000440. The van der Waals surface area contributed by atoms with Gasteiger partial charge in [0.25, 0.3) is 0 Å². The number of alkyl carbamates (subject to hydrolysis) is 1. The maximum atomic E-state index is 13.1. The lowest BCUT2D eigenvalue weighted by molar-refractivity contribution is -0.140. The van der Waals surface area contributed by atoms with E-state index in [9.17, 15) is 9.59 Å². The summed E-state index contributed by atoms with van der Waals surface area (Å²) < 4.78 is 4.70. The Morgan fingerprint density at radius 2 is 1.70 bits per heavy atom. The third-order valence-electron chi connectivity index (χ3n) is 8.26. The molecule has 1 saturated heterocycles. The molecule has 0 spiro atoms. The van der Waals surface area contributed by atoms with Crippen molar-refractivity contribution in [2.75, 3.05) is 20.2 Å². The number of methoxy groups -OCH3 is 1. The molecule has 1 heterocycles. The molecule has 5 nitrogen and oxygen atoms in total. The molecule has 1 aromatic carbocycles. The molecule has 3 aliphatic rings. The lowest BCUT2D eigenvalue weighted by Gasteiger charge is -2.45. The second-order valence-corrected chi connectivity index (χ2v) is 11.6. The number of carbonyl (C=O) groups excluding carboxylic acids is 2. The summed E-state index contributed by atoms with van der Waals surface area (Å²) in [4.78, 5) is 26.7. The van der Waals surface area contributed by atoms with Crippen molar-refractivity contribution in [2.24, 2.45) is 16.7 Å². The fourth-order valence-corrected chi connectivity index (χ4v) is 6.28. The van der Waals surface area contributed by atoms with Crippen molar-refractivity contribution in [1.29, 1.82) is 0 Å². The Morgan fingerprint density at radius 3 is 2.23 bits per heavy atom. The molecule has 4 rings (SSSR count). The number of hydrogen-bond acceptors (Lipinski definition) is 3. The number of nitrogens with zero attached hydrogens (tertiary/aromatic N) is 1. The van der Waals surface area contributed by atoms with Crippen LogP contribution in [-0.4, -0.2) is 42.6 Å². The van der Waals surface area contributed by atoms with E-state index in [1.807, 2.05) is 6.92 Å². The fraction of sp³-hybridized carbons (Fsp3) is 0.680. The third kappa shape index (κ3) is 3.12. The van der Waals surface area contributed by atoms with Gasteiger partial charge in [-0.05, 0) is 42.2 Å². The van der Waals surface area contributed by atoms with Gasteiger partial charge in [-0.15, -0.1) is 0 Å². The number of fused-ring (bicyclic) bond motifs is 1. The summed E-state index contributed by atoms with van der Waals surface area (Å²) in [6.07, 6.45) is 0.940. The highest BCUT2D eigenvalue weighted by atomic mass is 16.5. The summed E-state index contributed by atoms with van der Waals surface area (Å²) in [6.45, 7) is 15.1. The van der Waals surface area contributed by atoms with Crippen LogP contribution in [0.4, 0.5) is 4.79 Å². The van der Waals surface area contributed by atoms with Crippen molar-refractivity contribution >= 4 is 12.0 Å². The molecule has 3 atom stereocenters. The highest BCUT2D eigenvalue weighted by Gasteiger charge is 2.75. The predicted octanol–water partition coefficient (Wildman–Crippen LogP) is 4.46. The van der Waals surface area contributed by atoms with E-state index in [1.54, 1.807) is 0 Å². The summed E-state index contributed by atoms with van der Waals surface area (Å²) >= 11 is 0. The first kappa shape index (κ1) is 21.2. The maximum absolute atomic E-state index is 13.1. The second-order valence-electron chi connectivity index (χ2n) is 11.6. The van der Waals surface area contributed by atoms with E-state index >= 15 is 0 Å². The van der Waals surface area contributed by atoms with Gasteiger partial charge in [0.2, 0.25) is 5.91 Å². The van der Waals surface area contributed by atoms with Crippen molar-refractivity contribution in [3.63, 3.8) is 0 Å². The molecule has 1 N–H and O–H groups in total. The van der Waals surface area contributed by atoms with Crippen LogP contribution in [0.3, 0.4) is 0 Å². The van der Waals surface area contributed by atoms with Crippen LogP contribution in [0, 0.1) is 16.7 Å². The molecule has 30 heavy (non-hydrogen) atoms. The summed E-state index contributed by atoms with van der Waals surface area (Å²) in [7, 11) is 1.37. The zero-order chi connectivity index (χ0) is 22.1. The molecule has 2 saturated carbocycles. The number of likely N-dealkylation sites (tertiary alicyclic amines) is 1. The molecule has 5 heteroatoms. The SMILES string of the molecule is COC(=O)NC1(C)CC(C(=O)N2C[C@@]3(C)C(c4cccc(C(C)(C)C)c4)[C@@]3(C)C2)C1. The Hall–Kier alpha value is -2.04. The van der Waals surface area contributed by atoms with Crippen LogP contribution >= 0.6 is 0 Å². The van der Waals surface area contributed by atoms with Crippen LogP contribution in [0.25, 0.3) is 0 Å². The van der Waals surface area contributed by atoms with Crippen molar-refractivity contribution in [1.82, 2.24) is 10.2 Å². The molecule has 0 radical (unpaired) electrons. The minimum Gasteiger partial charge on any atom is -0.453 e. The average molecular weight is 413 g/mol. The van der Waals surface area contributed by atoms with Crippen LogP contribution in [0.1, 0.15) is 71.4 Å². The normalized spacial score (nSPS) is 37.2. The lowest BCUT2D eigenvalue weighted by atomic mass is 9.69. The second kappa shape index (κ2) is 6.48. The summed E-state index contributed by atoms with van der Waals surface area (Å²) in [6, 6.07) is 9.04. The monoisotopic (exact) mass is 412 g/mol. The van der Waals surface area contributed by atoms with Crippen molar-refractivity contribution < 1.29 is 14.3 Å². The highest BCUT2D eigenvalue weighted by Crippen LogP contribution is 2.77. The van der Waals surface area contributed by atoms with Crippen molar-refractivity contribution in [3.05, 3.63) is 35.4 Å². The molecule has 2 aliphatic carbocycles. The van der Waals surface area contributed by atoms with Crippen LogP contribution in [0.15, 0.2) is 24.3 Å². The highest BCUT2D eigenvalue weighted by molar-refractivity contribution is 5.82. The quantitative estimate of drug-likeness (QED) is 0.797. The predicted molar refractivity (Wildman–Crippen MR) is 117 cm³/mol. The molecule has 0 aromatic heterocycles. The average Bonchev–Trinajstić information content (AvgIpc) is 2.96. The van der Waals surface area contributed by atoms with Crippen LogP contribution in [-0.2, 0) is 14.9 Å². The van der Waals surface area contributed by atoms with E-state index in [1.165, 1.54) is 18.2 Å². The molecule has 1 unspecified atom stereocenters. The van der Waals surface area contributed by atoms with Gasteiger partial charge < -0.3 is 15.0 Å². The van der Waals surface area contributed by atoms with Gasteiger partial charge in [0.05, 0.1) is 7.11 Å². The Morgan fingerprint density at radius 1 is 1.10 bits per heavy atom. The van der Waals surface area contributed by atoms with Crippen LogP contribution in [0.5, 0.6) is 0 Å². The Labute approximate surface area is 180 Å². The van der Waals surface area contributed by atoms with E-state index in [2.05, 4.69) is 69.1 Å².